The normalized spacial score (nSPS) is 12.2. The zero-order valence-corrected chi connectivity index (χ0v) is 12.8. The van der Waals surface area contributed by atoms with Crippen LogP contribution in [0, 0.1) is 0 Å². The van der Waals surface area contributed by atoms with Crippen molar-refractivity contribution in [2.75, 3.05) is 6.54 Å². The summed E-state index contributed by atoms with van der Waals surface area (Å²) >= 11 is 3.32. The van der Waals surface area contributed by atoms with Crippen LogP contribution in [0.25, 0.3) is 6.08 Å². The van der Waals surface area contributed by atoms with Gasteiger partial charge in [0.1, 0.15) is 5.75 Å². The lowest BCUT2D eigenvalue weighted by molar-refractivity contribution is -0.131. The fourth-order valence-corrected chi connectivity index (χ4v) is 1.84. The number of halogens is 1. The molecule has 0 bridgehead atoms. The van der Waals surface area contributed by atoms with Crippen molar-refractivity contribution in [2.45, 2.75) is 20.0 Å². The molecule has 0 aliphatic heterocycles. The second-order valence-corrected chi connectivity index (χ2v) is 4.86. The average Bonchev–Trinajstić information content (AvgIpc) is 2.39. The molecule has 0 saturated carbocycles. The topological polar surface area (TPSA) is 75.6 Å². The van der Waals surface area contributed by atoms with Gasteiger partial charge in [0.15, 0.2) is 6.10 Å². The summed E-state index contributed by atoms with van der Waals surface area (Å²) in [5, 5.41) is 11.3. The van der Waals surface area contributed by atoms with Crippen LogP contribution >= 0.6 is 15.9 Å². The standard InChI is InChI=1S/C14H16BrNO4/c1-3-16-14(19)9(2)20-11-5-6-12(15)10(8-11)4-7-13(17)18/h4-9H,3H2,1-2H3,(H,16,19)(H,17,18)/b7-4+. The first kappa shape index (κ1) is 16.2. The summed E-state index contributed by atoms with van der Waals surface area (Å²) < 4.78 is 6.26. The lowest BCUT2D eigenvalue weighted by Gasteiger charge is -2.14. The zero-order chi connectivity index (χ0) is 15.1. The van der Waals surface area contributed by atoms with Gasteiger partial charge in [-0.2, -0.15) is 0 Å². The number of nitrogens with one attached hydrogen (secondary N) is 1. The zero-order valence-electron chi connectivity index (χ0n) is 11.2. The molecule has 0 fully saturated rings. The first-order valence-corrected chi connectivity index (χ1v) is 6.88. The van der Waals surface area contributed by atoms with Gasteiger partial charge in [-0.1, -0.05) is 15.9 Å². The van der Waals surface area contributed by atoms with E-state index < -0.39 is 12.1 Å². The molecule has 0 aliphatic carbocycles. The van der Waals surface area contributed by atoms with Crippen LogP contribution in [0.1, 0.15) is 19.4 Å². The highest BCUT2D eigenvalue weighted by molar-refractivity contribution is 9.10. The van der Waals surface area contributed by atoms with Crippen molar-refractivity contribution >= 4 is 33.9 Å². The maximum Gasteiger partial charge on any atom is 0.328 e. The highest BCUT2D eigenvalue weighted by Crippen LogP contribution is 2.24. The molecule has 1 rings (SSSR count). The molecule has 0 spiro atoms. The summed E-state index contributed by atoms with van der Waals surface area (Å²) in [7, 11) is 0. The van der Waals surface area contributed by atoms with E-state index in [2.05, 4.69) is 21.2 Å². The molecule has 1 aromatic rings. The Morgan fingerprint density at radius 2 is 2.20 bits per heavy atom. The molecule has 0 aliphatic rings. The van der Waals surface area contributed by atoms with Crippen molar-refractivity contribution in [2.24, 2.45) is 0 Å². The molecule has 20 heavy (non-hydrogen) atoms. The number of carbonyl (C=O) groups is 2. The van der Waals surface area contributed by atoms with Gasteiger partial charge in [0.05, 0.1) is 0 Å². The van der Waals surface area contributed by atoms with Gasteiger partial charge in [0.2, 0.25) is 0 Å². The third-order valence-electron chi connectivity index (χ3n) is 2.41. The van der Waals surface area contributed by atoms with Gasteiger partial charge in [0, 0.05) is 17.1 Å². The molecule has 6 heteroatoms. The Hall–Kier alpha value is -1.82. The second kappa shape index (κ2) is 7.69. The van der Waals surface area contributed by atoms with Gasteiger partial charge < -0.3 is 15.2 Å². The van der Waals surface area contributed by atoms with Crippen LogP contribution < -0.4 is 10.1 Å². The summed E-state index contributed by atoms with van der Waals surface area (Å²) in [5.41, 5.74) is 0.660. The number of rotatable bonds is 6. The SMILES string of the molecule is CCNC(=O)C(C)Oc1ccc(Br)c(/C=C/C(=O)O)c1. The van der Waals surface area contributed by atoms with E-state index in [-0.39, 0.29) is 5.91 Å². The molecular formula is C14H16BrNO4. The number of likely N-dealkylation sites (N-methyl/N-ethyl adjacent to an activating group) is 1. The minimum absolute atomic E-state index is 0.196. The lowest BCUT2D eigenvalue weighted by Crippen LogP contribution is -2.36. The van der Waals surface area contributed by atoms with Gasteiger partial charge in [-0.05, 0) is 43.7 Å². The van der Waals surface area contributed by atoms with Crippen LogP contribution in [0.2, 0.25) is 0 Å². The maximum atomic E-state index is 11.6. The Balaban J connectivity index is 2.84. The monoisotopic (exact) mass is 341 g/mol. The first-order valence-electron chi connectivity index (χ1n) is 6.09. The van der Waals surface area contributed by atoms with Crippen molar-refractivity contribution in [1.82, 2.24) is 5.32 Å². The van der Waals surface area contributed by atoms with Gasteiger partial charge in [0.25, 0.3) is 5.91 Å². The van der Waals surface area contributed by atoms with E-state index in [1.807, 2.05) is 6.92 Å². The van der Waals surface area contributed by atoms with Crippen LogP contribution in [0.3, 0.4) is 0 Å². The van der Waals surface area contributed by atoms with E-state index in [0.717, 1.165) is 10.5 Å². The molecular weight excluding hydrogens is 326 g/mol. The minimum atomic E-state index is -1.03. The molecule has 1 aromatic carbocycles. The van der Waals surface area contributed by atoms with E-state index in [1.54, 1.807) is 25.1 Å². The van der Waals surface area contributed by atoms with Gasteiger partial charge >= 0.3 is 5.97 Å². The molecule has 5 nitrogen and oxygen atoms in total. The Labute approximate surface area is 125 Å². The summed E-state index contributed by atoms with van der Waals surface area (Å²) in [6, 6.07) is 5.11. The first-order chi connectivity index (χ1) is 9.43. The number of hydrogen-bond acceptors (Lipinski definition) is 3. The van der Waals surface area contributed by atoms with Crippen LogP contribution in [-0.4, -0.2) is 29.6 Å². The van der Waals surface area contributed by atoms with Crippen molar-refractivity contribution in [3.63, 3.8) is 0 Å². The van der Waals surface area contributed by atoms with E-state index in [1.165, 1.54) is 6.08 Å². The number of aliphatic carboxylic acids is 1. The predicted molar refractivity (Wildman–Crippen MR) is 79.6 cm³/mol. The number of carboxylic acids is 1. The van der Waals surface area contributed by atoms with Crippen molar-refractivity contribution in [3.05, 3.63) is 34.3 Å². The number of carbonyl (C=O) groups excluding carboxylic acids is 1. The van der Waals surface area contributed by atoms with Gasteiger partial charge in [-0.15, -0.1) is 0 Å². The Morgan fingerprint density at radius 3 is 2.80 bits per heavy atom. The molecule has 2 N–H and O–H groups in total. The highest BCUT2D eigenvalue weighted by Gasteiger charge is 2.13. The largest absolute Gasteiger partial charge is 0.481 e. The molecule has 0 saturated heterocycles. The molecule has 108 valence electrons. The Morgan fingerprint density at radius 1 is 1.50 bits per heavy atom. The van der Waals surface area contributed by atoms with E-state index in [4.69, 9.17) is 9.84 Å². The van der Waals surface area contributed by atoms with E-state index >= 15 is 0 Å². The molecule has 0 radical (unpaired) electrons. The fourth-order valence-electron chi connectivity index (χ4n) is 1.46. The molecule has 1 amide bonds. The van der Waals surface area contributed by atoms with Crippen molar-refractivity contribution in [1.29, 1.82) is 0 Å². The summed E-state index contributed by atoms with van der Waals surface area (Å²) in [5.74, 6) is -0.728. The predicted octanol–water partition coefficient (Wildman–Crippen LogP) is 2.45. The molecule has 1 unspecified atom stereocenters. The third kappa shape index (κ3) is 5.05. The maximum absolute atomic E-state index is 11.6. The van der Waals surface area contributed by atoms with E-state index in [9.17, 15) is 9.59 Å². The average molecular weight is 342 g/mol. The summed E-state index contributed by atoms with van der Waals surface area (Å²) in [6.07, 6.45) is 1.88. The number of amides is 1. The van der Waals surface area contributed by atoms with Crippen LogP contribution in [0.5, 0.6) is 5.75 Å². The number of carboxylic acid groups (broad SMARTS) is 1. The van der Waals surface area contributed by atoms with E-state index in [0.29, 0.717) is 17.9 Å². The third-order valence-corrected chi connectivity index (χ3v) is 3.13. The molecule has 0 heterocycles. The van der Waals surface area contributed by atoms with Crippen LogP contribution in [0.4, 0.5) is 0 Å². The second-order valence-electron chi connectivity index (χ2n) is 4.01. The molecule has 0 aromatic heterocycles. The number of hydrogen-bond donors (Lipinski definition) is 2. The fraction of sp³-hybridized carbons (Fsp3) is 0.286. The van der Waals surface area contributed by atoms with Crippen LogP contribution in [0.15, 0.2) is 28.7 Å². The number of benzene rings is 1. The minimum Gasteiger partial charge on any atom is -0.481 e. The summed E-state index contributed by atoms with van der Waals surface area (Å²) in [6.45, 7) is 4.03. The van der Waals surface area contributed by atoms with Crippen LogP contribution in [-0.2, 0) is 9.59 Å². The quantitative estimate of drug-likeness (QED) is 0.779. The van der Waals surface area contributed by atoms with Gasteiger partial charge in [-0.3, -0.25) is 4.79 Å². The van der Waals surface area contributed by atoms with Crippen molar-refractivity contribution in [3.8, 4) is 5.75 Å². The lowest BCUT2D eigenvalue weighted by atomic mass is 10.2. The Bertz CT molecular complexity index is 528. The smallest absolute Gasteiger partial charge is 0.328 e. The van der Waals surface area contributed by atoms with Gasteiger partial charge in [-0.25, -0.2) is 4.79 Å². The summed E-state index contributed by atoms with van der Waals surface area (Å²) in [4.78, 5) is 22.1. The highest BCUT2D eigenvalue weighted by atomic mass is 79.9. The number of ether oxygens (including phenoxy) is 1. The Kier molecular flexibility index (Phi) is 6.24. The van der Waals surface area contributed by atoms with Crippen molar-refractivity contribution < 1.29 is 19.4 Å². The molecule has 1 atom stereocenters.